The lowest BCUT2D eigenvalue weighted by Gasteiger charge is -2.19. The standard InChI is InChI=1S/C26H26N6O/c1-18-7-8-19(12-24(18)32(29)16-23(28)20-4-3-11-30-14-20)25(33)15-31-22-6-2-5-21(13-22)26(17-27)9-10-26/h2-8,11-14,16,31H,9-10,15,28-29H2,1H3/b23-16-. The first kappa shape index (κ1) is 22.1. The lowest BCUT2D eigenvalue weighted by atomic mass is 9.97. The first-order valence-electron chi connectivity index (χ1n) is 10.7. The predicted octanol–water partition coefficient (Wildman–Crippen LogP) is 3.88. The molecule has 1 saturated carbocycles. The molecule has 7 heteroatoms. The fourth-order valence-corrected chi connectivity index (χ4v) is 3.69. The predicted molar refractivity (Wildman–Crippen MR) is 130 cm³/mol. The van der Waals surface area contributed by atoms with Crippen molar-refractivity contribution >= 4 is 22.9 Å². The summed E-state index contributed by atoms with van der Waals surface area (Å²) in [5.41, 5.74) is 11.0. The van der Waals surface area contributed by atoms with Crippen LogP contribution in [0.25, 0.3) is 5.70 Å². The fourth-order valence-electron chi connectivity index (χ4n) is 3.69. The molecule has 1 fully saturated rings. The van der Waals surface area contributed by atoms with E-state index in [1.807, 2.05) is 43.3 Å². The lowest BCUT2D eigenvalue weighted by Crippen LogP contribution is -2.27. The monoisotopic (exact) mass is 438 g/mol. The molecule has 33 heavy (non-hydrogen) atoms. The van der Waals surface area contributed by atoms with Crippen molar-refractivity contribution in [1.29, 1.82) is 5.26 Å². The Morgan fingerprint density at radius 2 is 2.03 bits per heavy atom. The van der Waals surface area contributed by atoms with Crippen LogP contribution < -0.4 is 21.9 Å². The molecular weight excluding hydrogens is 412 g/mol. The number of rotatable bonds is 8. The van der Waals surface area contributed by atoms with E-state index in [9.17, 15) is 10.1 Å². The minimum atomic E-state index is -0.358. The van der Waals surface area contributed by atoms with Gasteiger partial charge < -0.3 is 11.1 Å². The Morgan fingerprint density at radius 1 is 1.21 bits per heavy atom. The van der Waals surface area contributed by atoms with Gasteiger partial charge >= 0.3 is 0 Å². The Bertz CT molecular complexity index is 1240. The van der Waals surface area contributed by atoms with Gasteiger partial charge in [0, 0.05) is 35.4 Å². The van der Waals surface area contributed by atoms with E-state index in [1.165, 1.54) is 5.01 Å². The number of Topliss-reactive ketones (excluding diaryl/α,β-unsaturated/α-hetero) is 1. The first-order valence-corrected chi connectivity index (χ1v) is 10.7. The van der Waals surface area contributed by atoms with Gasteiger partial charge in [-0.25, -0.2) is 5.84 Å². The second-order valence-electron chi connectivity index (χ2n) is 8.29. The maximum atomic E-state index is 12.9. The Hall–Kier alpha value is -4.15. The van der Waals surface area contributed by atoms with Crippen molar-refractivity contribution in [3.05, 3.63) is 95.4 Å². The van der Waals surface area contributed by atoms with E-state index in [0.717, 1.165) is 35.2 Å². The molecule has 1 aliphatic rings. The van der Waals surface area contributed by atoms with Crippen LogP contribution in [0.4, 0.5) is 11.4 Å². The summed E-state index contributed by atoms with van der Waals surface area (Å²) in [6.45, 7) is 2.05. The van der Waals surface area contributed by atoms with Gasteiger partial charge in [0.15, 0.2) is 5.78 Å². The highest BCUT2D eigenvalue weighted by atomic mass is 16.1. The average molecular weight is 439 g/mol. The Morgan fingerprint density at radius 3 is 2.73 bits per heavy atom. The van der Waals surface area contributed by atoms with Gasteiger partial charge in [-0.15, -0.1) is 0 Å². The Labute approximate surface area is 193 Å². The molecule has 166 valence electrons. The zero-order chi connectivity index (χ0) is 23.4. The van der Waals surface area contributed by atoms with Crippen LogP contribution in [-0.2, 0) is 5.41 Å². The van der Waals surface area contributed by atoms with Crippen LogP contribution in [0.3, 0.4) is 0 Å². The second kappa shape index (κ2) is 9.15. The highest BCUT2D eigenvalue weighted by Gasteiger charge is 2.44. The molecule has 0 bridgehead atoms. The molecule has 4 rings (SSSR count). The Kier molecular flexibility index (Phi) is 6.11. The van der Waals surface area contributed by atoms with E-state index in [2.05, 4.69) is 16.4 Å². The third-order valence-corrected chi connectivity index (χ3v) is 5.91. The van der Waals surface area contributed by atoms with E-state index in [0.29, 0.717) is 16.9 Å². The Balaban J connectivity index is 1.47. The number of pyridine rings is 1. The van der Waals surface area contributed by atoms with Crippen molar-refractivity contribution < 1.29 is 4.79 Å². The quantitative estimate of drug-likeness (QED) is 0.277. The molecule has 3 aromatic rings. The smallest absolute Gasteiger partial charge is 0.181 e. The van der Waals surface area contributed by atoms with E-state index < -0.39 is 0 Å². The minimum absolute atomic E-state index is 0.0688. The van der Waals surface area contributed by atoms with Gasteiger partial charge in [0.25, 0.3) is 0 Å². The van der Waals surface area contributed by atoms with Gasteiger partial charge in [0.2, 0.25) is 0 Å². The van der Waals surface area contributed by atoms with Crippen molar-refractivity contribution in [2.45, 2.75) is 25.2 Å². The van der Waals surface area contributed by atoms with E-state index in [-0.39, 0.29) is 17.7 Å². The highest BCUT2D eigenvalue weighted by Crippen LogP contribution is 2.47. The highest BCUT2D eigenvalue weighted by molar-refractivity contribution is 6.00. The van der Waals surface area contributed by atoms with Gasteiger partial charge in [-0.05, 0) is 61.2 Å². The van der Waals surface area contributed by atoms with Crippen LogP contribution in [0.1, 0.15) is 39.9 Å². The number of nitrogens with one attached hydrogen (secondary N) is 1. The molecule has 0 saturated heterocycles. The molecule has 0 aliphatic heterocycles. The van der Waals surface area contributed by atoms with Crippen LogP contribution in [-0.4, -0.2) is 17.3 Å². The second-order valence-corrected chi connectivity index (χ2v) is 8.29. The molecule has 5 N–H and O–H groups in total. The third-order valence-electron chi connectivity index (χ3n) is 5.91. The SMILES string of the molecule is Cc1ccc(C(=O)CNc2cccc(C3(C#N)CC3)c2)cc1N(N)/C=C(\N)c1cccnc1. The van der Waals surface area contributed by atoms with Crippen LogP contribution in [0, 0.1) is 18.3 Å². The molecule has 2 aromatic carbocycles. The molecule has 1 heterocycles. The summed E-state index contributed by atoms with van der Waals surface area (Å²) >= 11 is 0. The summed E-state index contributed by atoms with van der Waals surface area (Å²) in [4.78, 5) is 16.9. The number of anilines is 2. The molecule has 0 spiro atoms. The summed E-state index contributed by atoms with van der Waals surface area (Å²) < 4.78 is 0. The van der Waals surface area contributed by atoms with Crippen LogP contribution >= 0.6 is 0 Å². The molecule has 0 amide bonds. The topological polar surface area (TPSA) is 121 Å². The fraction of sp³-hybridized carbons (Fsp3) is 0.192. The van der Waals surface area contributed by atoms with Crippen molar-refractivity contribution in [3.63, 3.8) is 0 Å². The number of aryl methyl sites for hydroxylation is 1. The number of nitrogens with two attached hydrogens (primary N) is 2. The third kappa shape index (κ3) is 4.86. The molecule has 0 unspecified atom stereocenters. The van der Waals surface area contributed by atoms with Crippen molar-refractivity contribution in [1.82, 2.24) is 4.98 Å². The summed E-state index contributed by atoms with van der Waals surface area (Å²) in [5.74, 6) is 6.18. The number of ketones is 1. The van der Waals surface area contributed by atoms with Crippen LogP contribution in [0.5, 0.6) is 0 Å². The summed E-state index contributed by atoms with van der Waals surface area (Å²) in [6, 6.07) is 19.2. The number of nitriles is 1. The summed E-state index contributed by atoms with van der Waals surface area (Å²) in [7, 11) is 0. The van der Waals surface area contributed by atoms with Gasteiger partial charge in [0.1, 0.15) is 0 Å². The van der Waals surface area contributed by atoms with Crippen molar-refractivity contribution in [3.8, 4) is 6.07 Å². The van der Waals surface area contributed by atoms with Gasteiger partial charge in [0.05, 0.1) is 29.4 Å². The largest absolute Gasteiger partial charge is 0.397 e. The molecular formula is C26H26N6O. The number of nitrogens with zero attached hydrogens (tertiary/aromatic N) is 3. The summed E-state index contributed by atoms with van der Waals surface area (Å²) in [6.07, 6.45) is 6.71. The molecule has 1 aliphatic carbocycles. The van der Waals surface area contributed by atoms with E-state index in [1.54, 1.807) is 36.8 Å². The van der Waals surface area contributed by atoms with Crippen LogP contribution in [0.15, 0.2) is 73.2 Å². The van der Waals surface area contributed by atoms with E-state index >= 15 is 0 Å². The molecule has 1 aromatic heterocycles. The number of carbonyl (C=O) groups is 1. The number of benzene rings is 2. The lowest BCUT2D eigenvalue weighted by molar-refractivity contribution is 0.101. The molecule has 0 radical (unpaired) electrons. The van der Waals surface area contributed by atoms with Crippen molar-refractivity contribution in [2.75, 3.05) is 16.9 Å². The summed E-state index contributed by atoms with van der Waals surface area (Å²) in [5, 5.41) is 14.0. The maximum Gasteiger partial charge on any atom is 0.181 e. The molecule has 7 nitrogen and oxygen atoms in total. The zero-order valence-electron chi connectivity index (χ0n) is 18.5. The first-order chi connectivity index (χ1) is 15.9. The maximum absolute atomic E-state index is 12.9. The number of hydrogen-bond donors (Lipinski definition) is 3. The number of aromatic nitrogens is 1. The van der Waals surface area contributed by atoms with Crippen molar-refractivity contribution in [2.24, 2.45) is 11.6 Å². The minimum Gasteiger partial charge on any atom is -0.397 e. The normalized spacial score (nSPS) is 14.3. The average Bonchev–Trinajstić information content (AvgIpc) is 3.65. The van der Waals surface area contributed by atoms with Gasteiger partial charge in [-0.1, -0.05) is 24.3 Å². The molecule has 0 atom stereocenters. The number of carbonyl (C=O) groups excluding carboxylic acids is 1. The van der Waals surface area contributed by atoms with Gasteiger partial charge in [-0.3, -0.25) is 14.8 Å². The van der Waals surface area contributed by atoms with Crippen LogP contribution in [0.2, 0.25) is 0 Å². The number of hydrazine groups is 1. The van der Waals surface area contributed by atoms with E-state index in [4.69, 9.17) is 11.6 Å². The van der Waals surface area contributed by atoms with Gasteiger partial charge in [-0.2, -0.15) is 5.26 Å². The zero-order valence-corrected chi connectivity index (χ0v) is 18.5. The number of hydrogen-bond acceptors (Lipinski definition) is 7.